The van der Waals surface area contributed by atoms with Crippen LogP contribution in [0.15, 0.2) is 65.8 Å². The first-order chi connectivity index (χ1) is 17.7. The van der Waals surface area contributed by atoms with Crippen LogP contribution in [-0.4, -0.2) is 41.7 Å². The van der Waals surface area contributed by atoms with Gasteiger partial charge in [-0.05, 0) is 80.6 Å². The van der Waals surface area contributed by atoms with Crippen molar-refractivity contribution in [3.05, 3.63) is 83.2 Å². The van der Waals surface area contributed by atoms with Crippen LogP contribution in [0.25, 0.3) is 10.2 Å². The first-order valence-corrected chi connectivity index (χ1v) is 14.6. The zero-order chi connectivity index (χ0) is 26.2. The molecule has 0 N–H and O–H groups in total. The van der Waals surface area contributed by atoms with Crippen molar-refractivity contribution in [2.45, 2.75) is 45.1 Å². The third kappa shape index (κ3) is 5.30. The second-order valence-corrected chi connectivity index (χ2v) is 12.6. The van der Waals surface area contributed by atoms with Gasteiger partial charge in [0.05, 0.1) is 21.7 Å². The predicted octanol–water partition coefficient (Wildman–Crippen LogP) is 5.25. The molecular formula is C28H30N4O3S2. The summed E-state index contributed by atoms with van der Waals surface area (Å²) in [6.07, 6.45) is 4.41. The number of hydrogen-bond acceptors (Lipinski definition) is 6. The van der Waals surface area contributed by atoms with E-state index in [1.807, 2.05) is 19.1 Å². The minimum Gasteiger partial charge on any atom is -0.283 e. The molecule has 0 unspecified atom stereocenters. The highest BCUT2D eigenvalue weighted by atomic mass is 32.2. The maximum atomic E-state index is 13.9. The number of piperidine rings is 1. The Morgan fingerprint density at radius 2 is 1.76 bits per heavy atom. The third-order valence-electron chi connectivity index (χ3n) is 7.01. The summed E-state index contributed by atoms with van der Waals surface area (Å²) < 4.78 is 28.8. The van der Waals surface area contributed by atoms with Crippen molar-refractivity contribution in [3.63, 3.8) is 0 Å². The summed E-state index contributed by atoms with van der Waals surface area (Å²) in [6, 6.07) is 14.9. The fraction of sp³-hybridized carbons (Fsp3) is 0.321. The molecule has 2 aromatic carbocycles. The Balaban J connectivity index is 1.38. The highest BCUT2D eigenvalue weighted by Gasteiger charge is 2.35. The molecule has 5 rings (SSSR count). The van der Waals surface area contributed by atoms with Gasteiger partial charge in [0.2, 0.25) is 15.9 Å². The molecule has 37 heavy (non-hydrogen) atoms. The van der Waals surface area contributed by atoms with Gasteiger partial charge >= 0.3 is 0 Å². The second-order valence-electron chi connectivity index (χ2n) is 9.68. The maximum Gasteiger partial charge on any atom is 0.243 e. The van der Waals surface area contributed by atoms with E-state index in [2.05, 4.69) is 31.0 Å². The van der Waals surface area contributed by atoms with E-state index in [1.165, 1.54) is 21.2 Å². The lowest BCUT2D eigenvalue weighted by Gasteiger charge is -2.33. The lowest BCUT2D eigenvalue weighted by Crippen LogP contribution is -2.44. The van der Waals surface area contributed by atoms with Crippen LogP contribution in [0.3, 0.4) is 0 Å². The van der Waals surface area contributed by atoms with Crippen molar-refractivity contribution < 1.29 is 13.2 Å². The summed E-state index contributed by atoms with van der Waals surface area (Å²) in [6.45, 7) is 7.05. The highest BCUT2D eigenvalue weighted by molar-refractivity contribution is 7.89. The van der Waals surface area contributed by atoms with Gasteiger partial charge in [-0.2, -0.15) is 4.31 Å². The molecule has 0 atom stereocenters. The number of carbonyl (C=O) groups excluding carboxylic acids is 1. The number of fused-ring (bicyclic) bond motifs is 1. The van der Waals surface area contributed by atoms with Gasteiger partial charge in [-0.25, -0.2) is 13.4 Å². The van der Waals surface area contributed by atoms with E-state index in [0.717, 1.165) is 26.9 Å². The molecule has 0 saturated carbocycles. The largest absolute Gasteiger partial charge is 0.283 e. The van der Waals surface area contributed by atoms with Gasteiger partial charge in [0, 0.05) is 31.4 Å². The van der Waals surface area contributed by atoms with E-state index in [4.69, 9.17) is 4.98 Å². The van der Waals surface area contributed by atoms with Crippen molar-refractivity contribution in [1.82, 2.24) is 14.3 Å². The van der Waals surface area contributed by atoms with E-state index in [0.29, 0.717) is 42.5 Å². The number of anilines is 1. The number of thiazole rings is 1. The van der Waals surface area contributed by atoms with Gasteiger partial charge in [0.25, 0.3) is 0 Å². The van der Waals surface area contributed by atoms with E-state index >= 15 is 0 Å². The number of aromatic nitrogens is 2. The molecule has 2 aromatic heterocycles. The number of hydrogen-bond donors (Lipinski definition) is 0. The number of nitrogens with zero attached hydrogens (tertiary/aromatic N) is 4. The van der Waals surface area contributed by atoms with E-state index < -0.39 is 10.0 Å². The number of aryl methyl sites for hydroxylation is 3. The van der Waals surface area contributed by atoms with Crippen LogP contribution < -0.4 is 4.90 Å². The minimum absolute atomic E-state index is 0.0243. The molecule has 1 aliphatic rings. The molecular weight excluding hydrogens is 504 g/mol. The van der Waals surface area contributed by atoms with Crippen LogP contribution in [0.4, 0.5) is 5.13 Å². The summed E-state index contributed by atoms with van der Waals surface area (Å²) >= 11 is 1.51. The standard InChI is InChI=1S/C28H30N4O3S2/c1-19-6-8-24(9-7-19)37(34,35)31-13-10-23(11-14-31)27(33)32(18-22-5-4-12-29-17-22)28-30-25-15-20(2)21(3)16-26(25)36-28/h4-9,12,15-17,23H,10-11,13-14,18H2,1-3H3. The van der Waals surface area contributed by atoms with Gasteiger partial charge in [-0.3, -0.25) is 14.7 Å². The summed E-state index contributed by atoms with van der Waals surface area (Å²) in [5.41, 5.74) is 5.16. The van der Waals surface area contributed by atoms with Crippen molar-refractivity contribution in [3.8, 4) is 0 Å². The van der Waals surface area contributed by atoms with Gasteiger partial charge in [-0.15, -0.1) is 0 Å². The monoisotopic (exact) mass is 534 g/mol. The quantitative estimate of drug-likeness (QED) is 0.337. The highest BCUT2D eigenvalue weighted by Crippen LogP contribution is 2.34. The average molecular weight is 535 g/mol. The molecule has 0 aliphatic carbocycles. The fourth-order valence-corrected chi connectivity index (χ4v) is 7.14. The van der Waals surface area contributed by atoms with E-state index in [-0.39, 0.29) is 11.8 Å². The van der Waals surface area contributed by atoms with Gasteiger partial charge in [0.15, 0.2) is 5.13 Å². The zero-order valence-corrected chi connectivity index (χ0v) is 22.8. The maximum absolute atomic E-state index is 13.9. The summed E-state index contributed by atoms with van der Waals surface area (Å²) in [4.78, 5) is 25.0. The van der Waals surface area contributed by atoms with Crippen LogP contribution in [0, 0.1) is 26.7 Å². The molecule has 0 radical (unpaired) electrons. The van der Waals surface area contributed by atoms with Gasteiger partial charge in [-0.1, -0.05) is 35.1 Å². The molecule has 9 heteroatoms. The summed E-state index contributed by atoms with van der Waals surface area (Å²) in [7, 11) is -3.58. The second kappa shape index (κ2) is 10.3. The number of pyridine rings is 1. The smallest absolute Gasteiger partial charge is 0.243 e. The van der Waals surface area contributed by atoms with Crippen molar-refractivity contribution in [2.75, 3.05) is 18.0 Å². The lowest BCUT2D eigenvalue weighted by atomic mass is 9.96. The summed E-state index contributed by atoms with van der Waals surface area (Å²) in [5.74, 6) is -0.305. The van der Waals surface area contributed by atoms with Crippen LogP contribution in [0.5, 0.6) is 0 Å². The van der Waals surface area contributed by atoms with Crippen LogP contribution in [0.1, 0.15) is 35.1 Å². The molecule has 1 saturated heterocycles. The third-order valence-corrected chi connectivity index (χ3v) is 9.97. The van der Waals surface area contributed by atoms with Gasteiger partial charge in [0.1, 0.15) is 0 Å². The van der Waals surface area contributed by atoms with Crippen molar-refractivity contribution >= 4 is 42.6 Å². The Bertz CT molecular complexity index is 1490. The summed E-state index contributed by atoms with van der Waals surface area (Å²) in [5, 5.41) is 0.656. The van der Waals surface area contributed by atoms with E-state index in [1.54, 1.807) is 41.6 Å². The molecule has 0 bridgehead atoms. The number of sulfonamides is 1. The molecule has 192 valence electrons. The van der Waals surface area contributed by atoms with Crippen molar-refractivity contribution in [1.29, 1.82) is 0 Å². The Morgan fingerprint density at radius 1 is 1.05 bits per heavy atom. The molecule has 0 spiro atoms. The topological polar surface area (TPSA) is 83.5 Å². The molecule has 4 aromatic rings. The predicted molar refractivity (Wildman–Crippen MR) is 147 cm³/mol. The molecule has 1 aliphatic heterocycles. The fourth-order valence-electron chi connectivity index (χ4n) is 4.62. The number of rotatable bonds is 6. The van der Waals surface area contributed by atoms with Crippen LogP contribution in [0.2, 0.25) is 0 Å². The molecule has 3 heterocycles. The van der Waals surface area contributed by atoms with Crippen LogP contribution in [-0.2, 0) is 21.4 Å². The number of amides is 1. The minimum atomic E-state index is -3.58. The molecule has 1 fully saturated rings. The Labute approximate surface area is 221 Å². The number of benzene rings is 2. The Hall–Kier alpha value is -3.14. The van der Waals surface area contributed by atoms with Gasteiger partial charge < -0.3 is 0 Å². The van der Waals surface area contributed by atoms with E-state index in [9.17, 15) is 13.2 Å². The first kappa shape index (κ1) is 25.5. The molecule has 1 amide bonds. The number of carbonyl (C=O) groups is 1. The first-order valence-electron chi connectivity index (χ1n) is 12.4. The van der Waals surface area contributed by atoms with Crippen LogP contribution >= 0.6 is 11.3 Å². The van der Waals surface area contributed by atoms with Crippen molar-refractivity contribution in [2.24, 2.45) is 5.92 Å². The Morgan fingerprint density at radius 3 is 2.43 bits per heavy atom. The Kier molecular flexibility index (Phi) is 7.11. The molecule has 7 nitrogen and oxygen atoms in total. The average Bonchev–Trinajstić information content (AvgIpc) is 3.30. The SMILES string of the molecule is Cc1ccc(S(=O)(=O)N2CCC(C(=O)N(Cc3cccnc3)c3nc4cc(C)c(C)cc4s3)CC2)cc1. The lowest BCUT2D eigenvalue weighted by molar-refractivity contribution is -0.123. The normalized spacial score (nSPS) is 15.2. The zero-order valence-electron chi connectivity index (χ0n) is 21.2.